The first kappa shape index (κ1) is 18.3. The fraction of sp³-hybridized carbons (Fsp3) is 0.905. The van der Waals surface area contributed by atoms with Gasteiger partial charge in [-0.15, -0.1) is 0 Å². The molecule has 0 radical (unpaired) electrons. The van der Waals surface area contributed by atoms with Gasteiger partial charge in [-0.3, -0.25) is 9.59 Å². The van der Waals surface area contributed by atoms with Crippen molar-refractivity contribution in [2.24, 2.45) is 27.6 Å². The van der Waals surface area contributed by atoms with Crippen molar-refractivity contribution < 1.29 is 19.4 Å². The van der Waals surface area contributed by atoms with Crippen molar-refractivity contribution in [3.05, 3.63) is 0 Å². The van der Waals surface area contributed by atoms with Gasteiger partial charge in [-0.05, 0) is 68.1 Å². The highest BCUT2D eigenvalue weighted by Crippen LogP contribution is 2.70. The van der Waals surface area contributed by atoms with Crippen LogP contribution in [0.1, 0.15) is 65.2 Å². The van der Waals surface area contributed by atoms with Crippen LogP contribution < -0.4 is 0 Å². The summed E-state index contributed by atoms with van der Waals surface area (Å²) < 4.78 is 5.24. The van der Waals surface area contributed by atoms with E-state index >= 15 is 0 Å². The Kier molecular flexibility index (Phi) is 4.00. The molecule has 5 heteroatoms. The molecule has 5 rings (SSSR count). The lowest BCUT2D eigenvalue weighted by Gasteiger charge is -2.65. The first-order chi connectivity index (χ1) is 12.1. The average Bonchev–Trinajstić information content (AvgIpc) is 2.51. The predicted molar refractivity (Wildman–Crippen MR) is 97.6 cm³/mol. The number of likely N-dealkylation sites (tertiary alicyclic amines) is 1. The SMILES string of the molecule is COCC1(C(=O)O)CCCN(C(=O)C23CC4CC(C)(CC(C)(C4)C2)C3)C1. The van der Waals surface area contributed by atoms with Crippen LogP contribution in [0.15, 0.2) is 0 Å². The Balaban J connectivity index is 1.60. The minimum atomic E-state index is -0.946. The summed E-state index contributed by atoms with van der Waals surface area (Å²) in [4.78, 5) is 27.6. The van der Waals surface area contributed by atoms with Gasteiger partial charge in [0.2, 0.25) is 5.91 Å². The van der Waals surface area contributed by atoms with E-state index in [-0.39, 0.29) is 28.8 Å². The minimum absolute atomic E-state index is 0.178. The van der Waals surface area contributed by atoms with Gasteiger partial charge < -0.3 is 14.7 Å². The number of nitrogens with zero attached hydrogens (tertiary/aromatic N) is 1. The summed E-state index contributed by atoms with van der Waals surface area (Å²) >= 11 is 0. The molecule has 4 aliphatic carbocycles. The van der Waals surface area contributed by atoms with E-state index in [0.717, 1.165) is 25.7 Å². The number of carbonyl (C=O) groups is 2. The van der Waals surface area contributed by atoms with Crippen LogP contribution in [-0.2, 0) is 14.3 Å². The fourth-order valence-corrected chi connectivity index (χ4v) is 7.96. The zero-order valence-corrected chi connectivity index (χ0v) is 16.5. The highest BCUT2D eigenvalue weighted by molar-refractivity contribution is 5.85. The normalized spacial score (nSPS) is 47.2. The number of carboxylic acids is 1. The molecule has 3 unspecified atom stereocenters. The molecular formula is C21H33NO4. The molecular weight excluding hydrogens is 330 g/mol. The Labute approximate surface area is 156 Å². The van der Waals surface area contributed by atoms with Gasteiger partial charge >= 0.3 is 5.97 Å². The van der Waals surface area contributed by atoms with Crippen LogP contribution in [0.2, 0.25) is 0 Å². The third kappa shape index (κ3) is 2.69. The third-order valence-electron chi connectivity index (χ3n) is 7.82. The van der Waals surface area contributed by atoms with Crippen LogP contribution in [0.25, 0.3) is 0 Å². The van der Waals surface area contributed by atoms with Gasteiger partial charge in [-0.25, -0.2) is 0 Å². The van der Waals surface area contributed by atoms with E-state index in [1.807, 2.05) is 4.90 Å². The first-order valence-electron chi connectivity index (χ1n) is 10.2. The fourth-order valence-electron chi connectivity index (χ4n) is 7.96. The average molecular weight is 363 g/mol. The number of carboxylic acid groups (broad SMARTS) is 1. The molecule has 5 aliphatic rings. The lowest BCUT2D eigenvalue weighted by Crippen LogP contribution is -2.62. The van der Waals surface area contributed by atoms with E-state index in [2.05, 4.69) is 13.8 Å². The van der Waals surface area contributed by atoms with Crippen molar-refractivity contribution in [3.63, 3.8) is 0 Å². The molecule has 4 saturated carbocycles. The predicted octanol–water partition coefficient (Wildman–Crippen LogP) is 3.32. The van der Waals surface area contributed by atoms with Crippen molar-refractivity contribution in [2.45, 2.75) is 65.2 Å². The number of rotatable bonds is 4. The smallest absolute Gasteiger partial charge is 0.313 e. The number of ether oxygens (including phenoxy) is 1. The zero-order chi connectivity index (χ0) is 18.8. The van der Waals surface area contributed by atoms with E-state index < -0.39 is 11.4 Å². The Hall–Kier alpha value is -1.10. The van der Waals surface area contributed by atoms with E-state index in [1.54, 1.807) is 7.11 Å². The molecule has 26 heavy (non-hydrogen) atoms. The van der Waals surface area contributed by atoms with Crippen molar-refractivity contribution in [2.75, 3.05) is 26.8 Å². The maximum atomic E-state index is 13.7. The molecule has 0 aromatic rings. The minimum Gasteiger partial charge on any atom is -0.481 e. The Morgan fingerprint density at radius 2 is 1.77 bits per heavy atom. The van der Waals surface area contributed by atoms with Crippen molar-refractivity contribution in [3.8, 4) is 0 Å². The monoisotopic (exact) mass is 363 g/mol. The van der Waals surface area contributed by atoms with Crippen molar-refractivity contribution in [1.82, 2.24) is 4.90 Å². The zero-order valence-electron chi connectivity index (χ0n) is 16.5. The van der Waals surface area contributed by atoms with Crippen molar-refractivity contribution >= 4 is 11.9 Å². The molecule has 3 atom stereocenters. The Morgan fingerprint density at radius 1 is 1.12 bits per heavy atom. The number of aliphatic carboxylic acids is 1. The number of hydrogen-bond acceptors (Lipinski definition) is 3. The Morgan fingerprint density at radius 3 is 2.31 bits per heavy atom. The van der Waals surface area contributed by atoms with Gasteiger partial charge in [-0.1, -0.05) is 13.8 Å². The molecule has 1 saturated heterocycles. The van der Waals surface area contributed by atoms with Gasteiger partial charge in [0, 0.05) is 20.2 Å². The van der Waals surface area contributed by atoms with E-state index in [1.165, 1.54) is 19.3 Å². The second kappa shape index (κ2) is 5.70. The third-order valence-corrected chi connectivity index (χ3v) is 7.82. The van der Waals surface area contributed by atoms with Gasteiger partial charge in [0.15, 0.2) is 0 Å². The summed E-state index contributed by atoms with van der Waals surface area (Å²) in [6.07, 6.45) is 8.10. The summed E-state index contributed by atoms with van der Waals surface area (Å²) in [5.74, 6) is 0.0694. The van der Waals surface area contributed by atoms with Crippen molar-refractivity contribution in [1.29, 1.82) is 0 Å². The van der Waals surface area contributed by atoms with Gasteiger partial charge in [0.05, 0.1) is 12.0 Å². The van der Waals surface area contributed by atoms with Crippen LogP contribution in [0.3, 0.4) is 0 Å². The second-order valence-electron chi connectivity index (χ2n) is 10.8. The summed E-state index contributed by atoms with van der Waals surface area (Å²) in [6.45, 7) is 5.92. The molecule has 1 aliphatic heterocycles. The lowest BCUT2D eigenvalue weighted by atomic mass is 9.40. The molecule has 1 heterocycles. The van der Waals surface area contributed by atoms with E-state index in [0.29, 0.717) is 25.4 Å². The Bertz CT molecular complexity index is 610. The molecule has 5 fully saturated rings. The van der Waals surface area contributed by atoms with E-state index in [9.17, 15) is 14.7 Å². The molecule has 0 aromatic carbocycles. The topological polar surface area (TPSA) is 66.8 Å². The summed E-state index contributed by atoms with van der Waals surface area (Å²) in [6, 6.07) is 0. The van der Waals surface area contributed by atoms with E-state index in [4.69, 9.17) is 4.74 Å². The quantitative estimate of drug-likeness (QED) is 0.832. The van der Waals surface area contributed by atoms with Gasteiger partial charge in [-0.2, -0.15) is 0 Å². The molecule has 1 N–H and O–H groups in total. The summed E-state index contributed by atoms with van der Waals surface area (Å²) in [7, 11) is 1.55. The van der Waals surface area contributed by atoms with Gasteiger partial charge in [0.25, 0.3) is 0 Å². The molecule has 5 nitrogen and oxygen atoms in total. The number of methoxy groups -OCH3 is 1. The van der Waals surface area contributed by atoms with Crippen LogP contribution in [0, 0.1) is 27.6 Å². The maximum absolute atomic E-state index is 13.7. The maximum Gasteiger partial charge on any atom is 0.313 e. The second-order valence-corrected chi connectivity index (χ2v) is 10.8. The number of carbonyl (C=O) groups excluding carboxylic acids is 1. The highest BCUT2D eigenvalue weighted by Gasteiger charge is 2.63. The number of amides is 1. The van der Waals surface area contributed by atoms with Crippen LogP contribution in [0.4, 0.5) is 0 Å². The molecule has 0 aromatic heterocycles. The molecule has 0 spiro atoms. The number of hydrogen-bond donors (Lipinski definition) is 1. The lowest BCUT2D eigenvalue weighted by molar-refractivity contribution is -0.184. The number of piperidine rings is 1. The standard InChI is InChI=1S/C21H33NO4/c1-18-7-15-8-19(2,10-18)12-21(9-15,11-18)16(23)22-6-4-5-20(13-22,14-26-3)17(24)25/h15H,4-14H2,1-3H3,(H,24,25). The first-order valence-corrected chi connectivity index (χ1v) is 10.2. The summed E-state index contributed by atoms with van der Waals surface area (Å²) in [5.41, 5.74) is -0.623. The summed E-state index contributed by atoms with van der Waals surface area (Å²) in [5, 5.41) is 9.82. The molecule has 146 valence electrons. The largest absolute Gasteiger partial charge is 0.481 e. The van der Waals surface area contributed by atoms with Crippen LogP contribution in [0.5, 0.6) is 0 Å². The van der Waals surface area contributed by atoms with Crippen LogP contribution in [-0.4, -0.2) is 48.7 Å². The van der Waals surface area contributed by atoms with Crippen LogP contribution >= 0.6 is 0 Å². The van der Waals surface area contributed by atoms with Gasteiger partial charge in [0.1, 0.15) is 5.41 Å². The molecule has 1 amide bonds. The molecule has 4 bridgehead atoms. The highest BCUT2D eigenvalue weighted by atomic mass is 16.5.